The molecule has 0 spiro atoms. The quantitative estimate of drug-likeness (QED) is 0.627. The molecule has 1 nitrogen and oxygen atoms in total. The number of rotatable bonds is 9. The molecule has 0 fully saturated rings. The Balaban J connectivity index is 2.25. The van der Waals surface area contributed by atoms with Gasteiger partial charge < -0.3 is 5.32 Å². The molecule has 1 rings (SSSR count). The molecule has 0 heterocycles. The summed E-state index contributed by atoms with van der Waals surface area (Å²) in [6, 6.07) is 8.81. The molecule has 0 aliphatic heterocycles. The molecule has 0 aliphatic carbocycles. The van der Waals surface area contributed by atoms with E-state index in [0.717, 1.165) is 13.1 Å². The summed E-state index contributed by atoms with van der Waals surface area (Å²) in [5, 5.41) is 3.56. The molecular weight excluding hydrogens is 206 g/mol. The van der Waals surface area contributed by atoms with Crippen molar-refractivity contribution in [1.29, 1.82) is 0 Å². The molecule has 0 saturated carbocycles. The average Bonchev–Trinajstić information content (AvgIpc) is 2.36. The van der Waals surface area contributed by atoms with Crippen LogP contribution in [-0.4, -0.2) is 6.54 Å². The van der Waals surface area contributed by atoms with E-state index in [0.29, 0.717) is 0 Å². The summed E-state index contributed by atoms with van der Waals surface area (Å²) in [5.41, 5.74) is 2.99. The van der Waals surface area contributed by atoms with Gasteiger partial charge in [-0.05, 0) is 30.5 Å². The molecule has 1 aromatic rings. The third kappa shape index (κ3) is 5.88. The van der Waals surface area contributed by atoms with Crippen molar-refractivity contribution in [2.24, 2.45) is 0 Å². The Kier molecular flexibility index (Phi) is 7.74. The predicted octanol–water partition coefficient (Wildman–Crippen LogP) is 4.31. The van der Waals surface area contributed by atoms with E-state index < -0.39 is 0 Å². The highest BCUT2D eigenvalue weighted by Gasteiger charge is 1.99. The Morgan fingerprint density at radius 2 is 1.65 bits per heavy atom. The Hall–Kier alpha value is -0.820. The van der Waals surface area contributed by atoms with Crippen molar-refractivity contribution in [3.63, 3.8) is 0 Å². The van der Waals surface area contributed by atoms with Crippen LogP contribution in [0.3, 0.4) is 0 Å². The lowest BCUT2D eigenvalue weighted by atomic mass is 10.0. The van der Waals surface area contributed by atoms with E-state index in [4.69, 9.17) is 0 Å². The fourth-order valence-electron chi connectivity index (χ4n) is 2.14. The van der Waals surface area contributed by atoms with Crippen LogP contribution in [-0.2, 0) is 13.0 Å². The lowest BCUT2D eigenvalue weighted by molar-refractivity contribution is 0.596. The van der Waals surface area contributed by atoms with E-state index in [1.165, 1.54) is 49.7 Å². The van der Waals surface area contributed by atoms with Crippen molar-refractivity contribution >= 4 is 0 Å². The largest absolute Gasteiger partial charge is 0.313 e. The molecule has 0 aromatic heterocycles. The van der Waals surface area contributed by atoms with Gasteiger partial charge in [-0.3, -0.25) is 0 Å². The van der Waals surface area contributed by atoms with Crippen molar-refractivity contribution < 1.29 is 0 Å². The smallest absolute Gasteiger partial charge is 0.0208 e. The minimum atomic E-state index is 1.03. The van der Waals surface area contributed by atoms with Crippen LogP contribution in [0.25, 0.3) is 0 Å². The average molecular weight is 233 g/mol. The first-order valence-electron chi connectivity index (χ1n) is 7.16. The predicted molar refractivity (Wildman–Crippen MR) is 76.3 cm³/mol. The van der Waals surface area contributed by atoms with E-state index in [-0.39, 0.29) is 0 Å². The van der Waals surface area contributed by atoms with Crippen LogP contribution < -0.4 is 5.32 Å². The standard InChI is InChI=1S/C16H27N/c1-3-5-6-9-13-17-14-16-12-8-7-11-15(16)10-4-2/h7-8,11-12,17H,3-6,9-10,13-14H2,1-2H3. The summed E-state index contributed by atoms with van der Waals surface area (Å²) >= 11 is 0. The first-order chi connectivity index (χ1) is 8.38. The highest BCUT2D eigenvalue weighted by Crippen LogP contribution is 2.10. The van der Waals surface area contributed by atoms with E-state index in [1.54, 1.807) is 0 Å². The van der Waals surface area contributed by atoms with Gasteiger partial charge in [0.25, 0.3) is 0 Å². The molecule has 0 amide bonds. The Bertz CT molecular complexity index is 293. The first-order valence-corrected chi connectivity index (χ1v) is 7.16. The van der Waals surface area contributed by atoms with Crippen LogP contribution in [0.4, 0.5) is 0 Å². The van der Waals surface area contributed by atoms with Crippen LogP contribution in [0.5, 0.6) is 0 Å². The van der Waals surface area contributed by atoms with Crippen LogP contribution in [0, 0.1) is 0 Å². The minimum absolute atomic E-state index is 1.03. The van der Waals surface area contributed by atoms with E-state index >= 15 is 0 Å². The third-order valence-electron chi connectivity index (χ3n) is 3.16. The van der Waals surface area contributed by atoms with Gasteiger partial charge in [0.15, 0.2) is 0 Å². The van der Waals surface area contributed by atoms with Crippen LogP contribution >= 0.6 is 0 Å². The summed E-state index contributed by atoms with van der Waals surface area (Å²) in [6.07, 6.45) is 7.79. The second-order valence-corrected chi connectivity index (χ2v) is 4.76. The Labute approximate surface area is 107 Å². The molecule has 96 valence electrons. The maximum Gasteiger partial charge on any atom is 0.0208 e. The van der Waals surface area contributed by atoms with E-state index in [1.807, 2.05) is 0 Å². The molecule has 0 aliphatic rings. The molecule has 0 saturated heterocycles. The zero-order chi connectivity index (χ0) is 12.3. The second-order valence-electron chi connectivity index (χ2n) is 4.76. The number of benzene rings is 1. The molecular formula is C16H27N. The van der Waals surface area contributed by atoms with Crippen LogP contribution in [0.15, 0.2) is 24.3 Å². The second kappa shape index (κ2) is 9.23. The van der Waals surface area contributed by atoms with Gasteiger partial charge in [-0.1, -0.05) is 63.8 Å². The maximum atomic E-state index is 3.56. The topological polar surface area (TPSA) is 12.0 Å². The molecule has 1 N–H and O–H groups in total. The summed E-state index contributed by atoms with van der Waals surface area (Å²) in [4.78, 5) is 0. The highest BCUT2D eigenvalue weighted by molar-refractivity contribution is 5.27. The van der Waals surface area contributed by atoms with Gasteiger partial charge in [-0.25, -0.2) is 0 Å². The summed E-state index contributed by atoms with van der Waals surface area (Å²) in [5.74, 6) is 0. The van der Waals surface area contributed by atoms with Crippen molar-refractivity contribution in [3.05, 3.63) is 35.4 Å². The molecule has 0 radical (unpaired) electrons. The van der Waals surface area contributed by atoms with Crippen LogP contribution in [0.1, 0.15) is 57.1 Å². The van der Waals surface area contributed by atoms with Gasteiger partial charge >= 0.3 is 0 Å². The number of unbranched alkanes of at least 4 members (excludes halogenated alkanes) is 3. The molecule has 17 heavy (non-hydrogen) atoms. The zero-order valence-electron chi connectivity index (χ0n) is 11.5. The van der Waals surface area contributed by atoms with Crippen molar-refractivity contribution in [2.45, 2.75) is 58.9 Å². The Morgan fingerprint density at radius 3 is 2.35 bits per heavy atom. The molecule has 1 aromatic carbocycles. The van der Waals surface area contributed by atoms with Crippen LogP contribution in [0.2, 0.25) is 0 Å². The lowest BCUT2D eigenvalue weighted by Gasteiger charge is -2.09. The fraction of sp³-hybridized carbons (Fsp3) is 0.625. The number of hydrogen-bond donors (Lipinski definition) is 1. The Morgan fingerprint density at radius 1 is 0.882 bits per heavy atom. The highest BCUT2D eigenvalue weighted by atomic mass is 14.8. The molecule has 0 atom stereocenters. The van der Waals surface area contributed by atoms with Gasteiger partial charge in [-0.2, -0.15) is 0 Å². The first kappa shape index (κ1) is 14.2. The third-order valence-corrected chi connectivity index (χ3v) is 3.16. The van der Waals surface area contributed by atoms with E-state index in [9.17, 15) is 0 Å². The molecule has 0 unspecified atom stereocenters. The summed E-state index contributed by atoms with van der Waals surface area (Å²) in [7, 11) is 0. The fourth-order valence-corrected chi connectivity index (χ4v) is 2.14. The van der Waals surface area contributed by atoms with Crippen molar-refractivity contribution in [3.8, 4) is 0 Å². The van der Waals surface area contributed by atoms with E-state index in [2.05, 4.69) is 43.4 Å². The van der Waals surface area contributed by atoms with Gasteiger partial charge in [0.1, 0.15) is 0 Å². The van der Waals surface area contributed by atoms with Gasteiger partial charge in [-0.15, -0.1) is 0 Å². The zero-order valence-corrected chi connectivity index (χ0v) is 11.5. The monoisotopic (exact) mass is 233 g/mol. The summed E-state index contributed by atoms with van der Waals surface area (Å²) in [6.45, 7) is 6.69. The maximum absolute atomic E-state index is 3.56. The van der Waals surface area contributed by atoms with Gasteiger partial charge in [0.2, 0.25) is 0 Å². The molecule has 0 bridgehead atoms. The van der Waals surface area contributed by atoms with Gasteiger partial charge in [0, 0.05) is 6.54 Å². The van der Waals surface area contributed by atoms with Crippen molar-refractivity contribution in [2.75, 3.05) is 6.54 Å². The summed E-state index contributed by atoms with van der Waals surface area (Å²) < 4.78 is 0. The number of nitrogens with one attached hydrogen (secondary N) is 1. The minimum Gasteiger partial charge on any atom is -0.313 e. The van der Waals surface area contributed by atoms with Gasteiger partial charge in [0.05, 0.1) is 0 Å². The van der Waals surface area contributed by atoms with Crippen molar-refractivity contribution in [1.82, 2.24) is 5.32 Å². The molecule has 1 heteroatoms. The normalized spacial score (nSPS) is 10.7. The SMILES string of the molecule is CCCCCCNCc1ccccc1CCC. The number of aryl methyl sites for hydroxylation is 1. The lowest BCUT2D eigenvalue weighted by Crippen LogP contribution is -2.15. The number of hydrogen-bond acceptors (Lipinski definition) is 1.